The smallest absolute Gasteiger partial charge is 0.248 e. The van der Waals surface area contributed by atoms with E-state index >= 15 is 0 Å². The van der Waals surface area contributed by atoms with Crippen molar-refractivity contribution in [1.82, 2.24) is 19.1 Å². The highest BCUT2D eigenvalue weighted by Crippen LogP contribution is 2.30. The molecule has 2 amide bonds. The van der Waals surface area contributed by atoms with Gasteiger partial charge in [0.2, 0.25) is 21.8 Å². The number of nitrogens with zero attached hydrogens (tertiary/aromatic N) is 4. The van der Waals surface area contributed by atoms with E-state index < -0.39 is 15.9 Å². The highest BCUT2D eigenvalue weighted by molar-refractivity contribution is 7.99. The predicted molar refractivity (Wildman–Crippen MR) is 149 cm³/mol. The summed E-state index contributed by atoms with van der Waals surface area (Å²) in [5.41, 5.74) is 7.52. The van der Waals surface area contributed by atoms with Gasteiger partial charge in [0.05, 0.1) is 10.6 Å². The summed E-state index contributed by atoms with van der Waals surface area (Å²) in [4.78, 5) is 24.1. The molecule has 4 aromatic rings. The minimum Gasteiger partial charge on any atom is -0.366 e. The van der Waals surface area contributed by atoms with Crippen molar-refractivity contribution in [3.8, 4) is 17.1 Å². The molecule has 10 nitrogen and oxygen atoms in total. The summed E-state index contributed by atoms with van der Waals surface area (Å²) < 4.78 is 29.7. The molecule has 200 valence electrons. The topological polar surface area (TPSA) is 140 Å². The molecule has 1 fully saturated rings. The molecular weight excluding hydrogens is 536 g/mol. The van der Waals surface area contributed by atoms with E-state index in [4.69, 9.17) is 5.73 Å². The Kier molecular flexibility index (Phi) is 7.77. The van der Waals surface area contributed by atoms with Crippen LogP contribution in [0, 0.1) is 0 Å². The van der Waals surface area contributed by atoms with Gasteiger partial charge in [-0.05, 0) is 61.4 Å². The Morgan fingerprint density at radius 1 is 0.923 bits per heavy atom. The summed E-state index contributed by atoms with van der Waals surface area (Å²) in [5, 5.41) is 12.0. The Hall–Kier alpha value is -4.00. The molecule has 12 heteroatoms. The fourth-order valence-corrected chi connectivity index (χ4v) is 6.59. The summed E-state index contributed by atoms with van der Waals surface area (Å²) in [5.74, 6) is -0.302. The van der Waals surface area contributed by atoms with Gasteiger partial charge in [-0.15, -0.1) is 10.2 Å². The van der Waals surface area contributed by atoms with Crippen LogP contribution in [-0.4, -0.2) is 58.1 Å². The van der Waals surface area contributed by atoms with E-state index in [1.54, 1.807) is 53.1 Å². The number of nitrogens with one attached hydrogen (secondary N) is 1. The van der Waals surface area contributed by atoms with Gasteiger partial charge in [-0.1, -0.05) is 42.1 Å². The quantitative estimate of drug-likeness (QED) is 0.297. The summed E-state index contributed by atoms with van der Waals surface area (Å²) in [6, 6.07) is 22.4. The van der Waals surface area contributed by atoms with E-state index in [1.165, 1.54) is 16.1 Å². The van der Waals surface area contributed by atoms with Crippen LogP contribution in [0.15, 0.2) is 88.9 Å². The molecule has 0 unspecified atom stereocenters. The lowest BCUT2D eigenvalue weighted by molar-refractivity contribution is -0.113. The number of rotatable bonds is 9. The van der Waals surface area contributed by atoms with Gasteiger partial charge in [0.15, 0.2) is 11.0 Å². The minimum atomic E-state index is -3.61. The first-order chi connectivity index (χ1) is 18.8. The number of hydrogen-bond acceptors (Lipinski definition) is 7. The third-order valence-electron chi connectivity index (χ3n) is 6.23. The zero-order valence-electron chi connectivity index (χ0n) is 20.9. The van der Waals surface area contributed by atoms with E-state index in [0.717, 1.165) is 18.5 Å². The number of amides is 2. The number of para-hydroxylation sites is 1. The third kappa shape index (κ3) is 5.87. The van der Waals surface area contributed by atoms with Crippen LogP contribution in [0.2, 0.25) is 0 Å². The highest BCUT2D eigenvalue weighted by atomic mass is 32.2. The first kappa shape index (κ1) is 26.6. The number of anilines is 1. The van der Waals surface area contributed by atoms with Gasteiger partial charge >= 0.3 is 0 Å². The maximum absolute atomic E-state index is 13.2. The van der Waals surface area contributed by atoms with Gasteiger partial charge in [-0.25, -0.2) is 8.42 Å². The van der Waals surface area contributed by atoms with Crippen LogP contribution in [0.5, 0.6) is 0 Å². The molecule has 0 spiro atoms. The molecule has 0 radical (unpaired) electrons. The number of carbonyl (C=O) groups excluding carboxylic acids is 2. The Morgan fingerprint density at radius 3 is 2.33 bits per heavy atom. The van der Waals surface area contributed by atoms with E-state index in [0.29, 0.717) is 40.9 Å². The molecule has 1 aliphatic rings. The molecule has 1 aliphatic heterocycles. The number of primary amides is 1. The maximum Gasteiger partial charge on any atom is 0.248 e. The lowest BCUT2D eigenvalue weighted by Crippen LogP contribution is -2.27. The van der Waals surface area contributed by atoms with Crippen LogP contribution in [0.3, 0.4) is 0 Å². The van der Waals surface area contributed by atoms with E-state index in [-0.39, 0.29) is 16.6 Å². The molecule has 0 bridgehead atoms. The minimum absolute atomic E-state index is 0.0475. The third-order valence-corrected chi connectivity index (χ3v) is 9.05. The Balaban J connectivity index is 1.40. The average Bonchev–Trinajstić information content (AvgIpc) is 3.64. The van der Waals surface area contributed by atoms with Gasteiger partial charge in [0.1, 0.15) is 0 Å². The van der Waals surface area contributed by atoms with E-state index in [9.17, 15) is 18.0 Å². The molecular formula is C27H26N6O4S2. The average molecular weight is 563 g/mol. The molecule has 3 N–H and O–H groups in total. The second kappa shape index (κ2) is 11.4. The fraction of sp³-hybridized carbons (Fsp3) is 0.185. The highest BCUT2D eigenvalue weighted by Gasteiger charge is 2.28. The lowest BCUT2D eigenvalue weighted by atomic mass is 10.2. The largest absolute Gasteiger partial charge is 0.366 e. The second-order valence-corrected chi connectivity index (χ2v) is 11.8. The number of aromatic nitrogens is 3. The van der Waals surface area contributed by atoms with Crippen molar-refractivity contribution < 1.29 is 18.0 Å². The van der Waals surface area contributed by atoms with Gasteiger partial charge in [0.25, 0.3) is 0 Å². The maximum atomic E-state index is 13.2. The van der Waals surface area contributed by atoms with Crippen LogP contribution in [0.4, 0.5) is 5.69 Å². The number of hydrogen-bond donors (Lipinski definition) is 2. The molecule has 39 heavy (non-hydrogen) atoms. The predicted octanol–water partition coefficient (Wildman–Crippen LogP) is 3.55. The normalized spacial score (nSPS) is 13.8. The van der Waals surface area contributed by atoms with Crippen molar-refractivity contribution >= 4 is 39.3 Å². The first-order valence-electron chi connectivity index (χ1n) is 12.3. The molecule has 2 heterocycles. The SMILES string of the molecule is NC(=O)c1ccc(NC(=O)CSc2nnc(-c3cccc(S(=O)(=O)N4CCCC4)c3)n2-c2ccccc2)cc1. The van der Waals surface area contributed by atoms with Crippen LogP contribution >= 0.6 is 11.8 Å². The molecule has 1 saturated heterocycles. The number of thioether (sulfide) groups is 1. The molecule has 0 atom stereocenters. The summed E-state index contributed by atoms with van der Waals surface area (Å²) in [6.45, 7) is 1.04. The van der Waals surface area contributed by atoms with Gasteiger partial charge in [0, 0.05) is 35.6 Å². The number of benzene rings is 3. The van der Waals surface area contributed by atoms with Crippen molar-refractivity contribution in [2.24, 2.45) is 5.73 Å². The number of nitrogens with two attached hydrogens (primary N) is 1. The van der Waals surface area contributed by atoms with Crippen molar-refractivity contribution in [2.45, 2.75) is 22.9 Å². The summed E-state index contributed by atoms with van der Waals surface area (Å²) >= 11 is 1.20. The van der Waals surface area contributed by atoms with Crippen LogP contribution in [0.1, 0.15) is 23.2 Å². The first-order valence-corrected chi connectivity index (χ1v) is 14.7. The van der Waals surface area contributed by atoms with Crippen molar-refractivity contribution in [1.29, 1.82) is 0 Å². The van der Waals surface area contributed by atoms with Crippen molar-refractivity contribution in [3.63, 3.8) is 0 Å². The van der Waals surface area contributed by atoms with Gasteiger partial charge < -0.3 is 11.1 Å². The monoisotopic (exact) mass is 562 g/mol. The Morgan fingerprint density at radius 2 is 1.64 bits per heavy atom. The molecule has 1 aromatic heterocycles. The number of carbonyl (C=O) groups is 2. The fourth-order valence-electron chi connectivity index (χ4n) is 4.28. The zero-order valence-corrected chi connectivity index (χ0v) is 22.5. The summed E-state index contributed by atoms with van der Waals surface area (Å²) in [6.07, 6.45) is 1.71. The lowest BCUT2D eigenvalue weighted by Gasteiger charge is -2.16. The molecule has 3 aromatic carbocycles. The summed E-state index contributed by atoms with van der Waals surface area (Å²) in [7, 11) is -3.61. The van der Waals surface area contributed by atoms with E-state index in [1.807, 2.05) is 30.3 Å². The van der Waals surface area contributed by atoms with Gasteiger partial charge in [-0.2, -0.15) is 4.31 Å². The van der Waals surface area contributed by atoms with Crippen LogP contribution in [-0.2, 0) is 14.8 Å². The van der Waals surface area contributed by atoms with E-state index in [2.05, 4.69) is 15.5 Å². The van der Waals surface area contributed by atoms with Gasteiger partial charge in [-0.3, -0.25) is 14.2 Å². The molecule has 0 saturated carbocycles. The standard InChI is InChI=1S/C27H26N6O4S2/c28-25(35)19-11-13-21(14-12-19)29-24(34)18-38-27-31-30-26(33(27)22-8-2-1-3-9-22)20-7-6-10-23(17-20)39(36,37)32-15-4-5-16-32/h1-3,6-14,17H,4-5,15-16,18H2,(H2,28,35)(H,29,34). The zero-order chi connectivity index (χ0) is 27.4. The molecule has 0 aliphatic carbocycles. The van der Waals surface area contributed by atoms with Crippen LogP contribution < -0.4 is 11.1 Å². The second-order valence-electron chi connectivity index (χ2n) is 8.89. The van der Waals surface area contributed by atoms with Crippen molar-refractivity contribution in [2.75, 3.05) is 24.2 Å². The number of sulfonamides is 1. The Bertz CT molecular complexity index is 1600. The Labute approximate surface area is 230 Å². The van der Waals surface area contributed by atoms with Crippen LogP contribution in [0.25, 0.3) is 17.1 Å². The van der Waals surface area contributed by atoms with Crippen molar-refractivity contribution in [3.05, 3.63) is 84.4 Å². The molecule has 5 rings (SSSR count).